The van der Waals surface area contributed by atoms with Crippen LogP contribution < -0.4 is 15.6 Å². The van der Waals surface area contributed by atoms with Gasteiger partial charge in [0.1, 0.15) is 5.17 Å². The summed E-state index contributed by atoms with van der Waals surface area (Å²) in [7, 11) is 0. The van der Waals surface area contributed by atoms with Crippen LogP contribution in [-0.4, -0.2) is 15.8 Å². The third-order valence-electron chi connectivity index (χ3n) is 3.78. The summed E-state index contributed by atoms with van der Waals surface area (Å²) in [6, 6.07) is 11.4. The summed E-state index contributed by atoms with van der Waals surface area (Å²) in [5, 5.41) is 13.1. The minimum Gasteiger partial charge on any atom is -0.491 e. The molecule has 2 heterocycles. The standard InChI is InChI=1S/C16H9ClF3N4O.H2O/c17-13-11-3-1-2-4-12(11)24-14(21-13)15(25)23(22-24)10-7-5-9(6-8-10)16(18,19)20;/h1-8,25H;1H2. The number of fused-ring (bicyclic) bond motifs is 3. The maximum atomic E-state index is 12.7. The Bertz CT molecular complexity index is 912. The van der Waals surface area contributed by atoms with Gasteiger partial charge in [-0.3, -0.25) is 0 Å². The Morgan fingerprint density at radius 2 is 1.62 bits per heavy atom. The molecule has 2 aromatic rings. The van der Waals surface area contributed by atoms with Gasteiger partial charge in [0.15, 0.2) is 0 Å². The number of aliphatic hydroxyl groups is 1. The number of nitrogens with zero attached hydrogens (tertiary/aromatic N) is 4. The number of para-hydroxylation sites is 1. The van der Waals surface area contributed by atoms with E-state index in [2.05, 4.69) is 10.5 Å². The molecule has 0 aromatic heterocycles. The summed E-state index contributed by atoms with van der Waals surface area (Å²) in [6.45, 7) is 0. The zero-order valence-electron chi connectivity index (χ0n) is 12.9. The van der Waals surface area contributed by atoms with Crippen LogP contribution in [-0.2, 0) is 6.18 Å². The van der Waals surface area contributed by atoms with E-state index in [0.717, 1.165) is 17.1 Å². The van der Waals surface area contributed by atoms with Crippen molar-refractivity contribution in [3.8, 4) is 0 Å². The van der Waals surface area contributed by atoms with Gasteiger partial charge in [-0.1, -0.05) is 23.7 Å². The van der Waals surface area contributed by atoms with Crippen molar-refractivity contribution in [1.82, 2.24) is 5.53 Å². The fourth-order valence-corrected chi connectivity index (χ4v) is 2.81. The molecule has 3 N–H and O–H groups in total. The second-order valence-corrected chi connectivity index (χ2v) is 5.68. The van der Waals surface area contributed by atoms with Gasteiger partial charge in [-0.05, 0) is 41.9 Å². The number of aliphatic hydroxyl groups excluding tert-OH is 1. The molecular weight excluding hydrogens is 373 g/mol. The van der Waals surface area contributed by atoms with Gasteiger partial charge >= 0.3 is 6.18 Å². The fraction of sp³-hybridized carbons (Fsp3) is 0.0625. The van der Waals surface area contributed by atoms with Crippen LogP contribution in [0.25, 0.3) is 0 Å². The minimum absolute atomic E-state index is 0. The molecule has 2 aliphatic heterocycles. The first-order chi connectivity index (χ1) is 11.9. The Hall–Kier alpha value is -2.75. The molecule has 1 radical (unpaired) electrons. The Morgan fingerprint density at radius 3 is 2.27 bits per heavy atom. The third-order valence-corrected chi connectivity index (χ3v) is 4.07. The van der Waals surface area contributed by atoms with Gasteiger partial charge in [-0.25, -0.2) is 15.0 Å². The number of alkyl halides is 3. The van der Waals surface area contributed by atoms with Gasteiger partial charge in [0.25, 0.3) is 5.88 Å². The van der Waals surface area contributed by atoms with E-state index in [9.17, 15) is 18.3 Å². The fourth-order valence-electron chi connectivity index (χ4n) is 2.57. The molecule has 0 bridgehead atoms. The van der Waals surface area contributed by atoms with Crippen LogP contribution in [0.3, 0.4) is 0 Å². The summed E-state index contributed by atoms with van der Waals surface area (Å²) in [4.78, 5) is 4.12. The first-order valence-corrected chi connectivity index (χ1v) is 7.50. The second kappa shape index (κ2) is 6.20. The van der Waals surface area contributed by atoms with Gasteiger partial charge < -0.3 is 10.6 Å². The van der Waals surface area contributed by atoms with Crippen molar-refractivity contribution in [2.45, 2.75) is 6.18 Å². The Morgan fingerprint density at radius 1 is 0.962 bits per heavy atom. The topological polar surface area (TPSA) is 84.7 Å². The zero-order chi connectivity index (χ0) is 17.8. The largest absolute Gasteiger partial charge is 0.491 e. The number of anilines is 2. The van der Waals surface area contributed by atoms with Crippen LogP contribution in [0, 0.1) is 0 Å². The molecule has 0 unspecified atom stereocenters. The van der Waals surface area contributed by atoms with E-state index in [1.165, 1.54) is 17.1 Å². The van der Waals surface area contributed by atoms with Crippen molar-refractivity contribution in [2.75, 3.05) is 10.0 Å². The van der Waals surface area contributed by atoms with Crippen LogP contribution in [0.2, 0.25) is 0 Å². The number of benzene rings is 2. The minimum atomic E-state index is -4.44. The van der Waals surface area contributed by atoms with E-state index in [-0.39, 0.29) is 28.0 Å². The van der Waals surface area contributed by atoms with Crippen molar-refractivity contribution in [1.29, 1.82) is 0 Å². The SMILES string of the molecule is O.OC1=C2N=C(Cl)c3ccccc3N2[N]N1c1ccc(C(F)(F)F)cc1. The molecule has 2 aromatic carbocycles. The van der Waals surface area contributed by atoms with Crippen molar-refractivity contribution < 1.29 is 23.8 Å². The van der Waals surface area contributed by atoms with E-state index >= 15 is 0 Å². The van der Waals surface area contributed by atoms with Gasteiger partial charge in [0, 0.05) is 5.56 Å². The molecule has 0 spiro atoms. The van der Waals surface area contributed by atoms with Crippen molar-refractivity contribution in [3.63, 3.8) is 0 Å². The lowest BCUT2D eigenvalue weighted by Crippen LogP contribution is -2.36. The summed E-state index contributed by atoms with van der Waals surface area (Å²) < 4.78 is 38.1. The van der Waals surface area contributed by atoms with E-state index < -0.39 is 11.7 Å². The molecule has 135 valence electrons. The molecule has 0 saturated carbocycles. The molecule has 2 aliphatic rings. The molecule has 26 heavy (non-hydrogen) atoms. The highest BCUT2D eigenvalue weighted by Gasteiger charge is 2.38. The van der Waals surface area contributed by atoms with E-state index in [4.69, 9.17) is 11.6 Å². The average molecular weight is 384 g/mol. The van der Waals surface area contributed by atoms with E-state index in [1.54, 1.807) is 24.3 Å². The van der Waals surface area contributed by atoms with Crippen molar-refractivity contribution in [2.24, 2.45) is 4.99 Å². The lowest BCUT2D eigenvalue weighted by atomic mass is 10.1. The summed E-state index contributed by atoms with van der Waals surface area (Å²) in [6.07, 6.45) is -4.44. The molecular formula is C16H11ClF3N4O2. The molecule has 10 heteroatoms. The maximum Gasteiger partial charge on any atom is 0.416 e. The molecule has 0 amide bonds. The number of aliphatic imine (C=N–C) groups is 1. The van der Waals surface area contributed by atoms with Crippen LogP contribution in [0.5, 0.6) is 0 Å². The smallest absolute Gasteiger partial charge is 0.416 e. The Balaban J connectivity index is 0.00000196. The van der Waals surface area contributed by atoms with E-state index in [1.807, 2.05) is 0 Å². The third kappa shape index (κ3) is 2.75. The highest BCUT2D eigenvalue weighted by Crippen LogP contribution is 2.38. The molecule has 0 aliphatic carbocycles. The molecule has 0 fully saturated rings. The summed E-state index contributed by atoms with van der Waals surface area (Å²) in [5.41, 5.74) is 4.95. The molecule has 4 rings (SSSR count). The van der Waals surface area contributed by atoms with Gasteiger partial charge in [-0.15, -0.1) is 0 Å². The predicted molar refractivity (Wildman–Crippen MR) is 90.6 cm³/mol. The van der Waals surface area contributed by atoms with Gasteiger partial charge in [-0.2, -0.15) is 13.2 Å². The molecule has 0 saturated heterocycles. The number of rotatable bonds is 1. The zero-order valence-corrected chi connectivity index (χ0v) is 13.6. The lowest BCUT2D eigenvalue weighted by Gasteiger charge is -2.24. The highest BCUT2D eigenvalue weighted by atomic mass is 35.5. The lowest BCUT2D eigenvalue weighted by molar-refractivity contribution is -0.137. The first-order valence-electron chi connectivity index (χ1n) is 7.12. The summed E-state index contributed by atoms with van der Waals surface area (Å²) >= 11 is 6.14. The average Bonchev–Trinajstić information content (AvgIpc) is 2.92. The molecule has 0 atom stereocenters. The number of halogens is 4. The molecule has 6 nitrogen and oxygen atoms in total. The van der Waals surface area contributed by atoms with Crippen LogP contribution in [0.4, 0.5) is 24.5 Å². The Kier molecular flexibility index (Phi) is 4.31. The van der Waals surface area contributed by atoms with Crippen LogP contribution in [0.1, 0.15) is 11.1 Å². The van der Waals surface area contributed by atoms with Crippen LogP contribution >= 0.6 is 11.6 Å². The van der Waals surface area contributed by atoms with Crippen molar-refractivity contribution >= 4 is 28.1 Å². The second-order valence-electron chi connectivity index (χ2n) is 5.32. The Labute approximate surface area is 150 Å². The monoisotopic (exact) mass is 383 g/mol. The van der Waals surface area contributed by atoms with Crippen molar-refractivity contribution in [3.05, 3.63) is 71.4 Å². The quantitative estimate of drug-likeness (QED) is 0.819. The van der Waals surface area contributed by atoms with Gasteiger partial charge in [0.05, 0.1) is 16.9 Å². The maximum absolute atomic E-state index is 12.7. The number of hydrogen-bond acceptors (Lipinski definition) is 4. The van der Waals surface area contributed by atoms with E-state index in [0.29, 0.717) is 11.3 Å². The predicted octanol–water partition coefficient (Wildman–Crippen LogP) is 3.33. The number of hydrogen-bond donors (Lipinski definition) is 1. The van der Waals surface area contributed by atoms with Crippen LogP contribution in [0.15, 0.2) is 65.2 Å². The highest BCUT2D eigenvalue weighted by molar-refractivity contribution is 6.70. The normalized spacial score (nSPS) is 16.1. The van der Waals surface area contributed by atoms with Gasteiger partial charge in [0.2, 0.25) is 5.82 Å². The summed E-state index contributed by atoms with van der Waals surface area (Å²) in [5.74, 6) is -0.226. The first kappa shape index (κ1) is 18.1.